The second-order valence-electron chi connectivity index (χ2n) is 7.98. The van der Waals surface area contributed by atoms with E-state index in [4.69, 9.17) is 4.74 Å². The smallest absolute Gasteiger partial charge is 0.225 e. The topological polar surface area (TPSA) is 70.7 Å². The van der Waals surface area contributed by atoms with E-state index in [-0.39, 0.29) is 23.7 Å². The van der Waals surface area contributed by atoms with Crippen LogP contribution in [0, 0.1) is 5.92 Å². The van der Waals surface area contributed by atoms with Crippen molar-refractivity contribution >= 4 is 11.8 Å². The average molecular weight is 410 g/mol. The molecule has 1 fully saturated rings. The van der Waals surface area contributed by atoms with Gasteiger partial charge in [-0.15, -0.1) is 0 Å². The number of benzene rings is 2. The molecule has 3 rings (SSSR count). The quantitative estimate of drug-likeness (QED) is 0.702. The Morgan fingerprint density at radius 2 is 1.83 bits per heavy atom. The Labute approximate surface area is 178 Å². The molecule has 1 aliphatic rings. The van der Waals surface area contributed by atoms with Crippen LogP contribution >= 0.6 is 0 Å². The maximum atomic E-state index is 13.0. The van der Waals surface area contributed by atoms with E-state index < -0.39 is 0 Å². The molecule has 160 valence electrons. The highest BCUT2D eigenvalue weighted by Crippen LogP contribution is 2.32. The number of amides is 2. The van der Waals surface area contributed by atoms with E-state index in [0.717, 1.165) is 36.4 Å². The van der Waals surface area contributed by atoms with Crippen LogP contribution < -0.4 is 15.4 Å². The first-order valence-electron chi connectivity index (χ1n) is 10.4. The van der Waals surface area contributed by atoms with E-state index >= 15 is 0 Å². The molecule has 30 heavy (non-hydrogen) atoms. The van der Waals surface area contributed by atoms with Crippen molar-refractivity contribution < 1.29 is 14.3 Å². The number of nitrogens with one attached hydrogen (secondary N) is 2. The summed E-state index contributed by atoms with van der Waals surface area (Å²) in [4.78, 5) is 26.4. The van der Waals surface area contributed by atoms with Crippen LogP contribution in [0.5, 0.6) is 5.75 Å². The molecule has 6 heteroatoms. The summed E-state index contributed by atoms with van der Waals surface area (Å²) in [5.74, 6) is 0.954. The van der Waals surface area contributed by atoms with Crippen LogP contribution in [0.4, 0.5) is 0 Å². The van der Waals surface area contributed by atoms with Crippen molar-refractivity contribution in [1.29, 1.82) is 0 Å². The van der Waals surface area contributed by atoms with E-state index in [2.05, 4.69) is 34.7 Å². The number of ether oxygens (including phenoxy) is 1. The molecule has 1 aliphatic heterocycles. The summed E-state index contributed by atoms with van der Waals surface area (Å²) in [6, 6.07) is 16.1. The first kappa shape index (κ1) is 21.8. The molecule has 2 N–H and O–H groups in total. The van der Waals surface area contributed by atoms with Gasteiger partial charge in [0.15, 0.2) is 0 Å². The van der Waals surface area contributed by atoms with Crippen LogP contribution in [-0.2, 0) is 22.6 Å². The molecule has 2 amide bonds. The summed E-state index contributed by atoms with van der Waals surface area (Å²) in [6.07, 6.45) is 0.787. The Balaban J connectivity index is 1.60. The lowest BCUT2D eigenvalue weighted by atomic mass is 9.87. The molecular formula is C24H31N3O3. The largest absolute Gasteiger partial charge is 0.497 e. The number of nitrogens with zero attached hydrogens (tertiary/aromatic N) is 1. The van der Waals surface area contributed by atoms with Crippen molar-refractivity contribution in [3.63, 3.8) is 0 Å². The summed E-state index contributed by atoms with van der Waals surface area (Å²) in [6.45, 7) is 4.22. The first-order chi connectivity index (χ1) is 14.5. The number of carbonyl (C=O) groups is 2. The molecule has 6 nitrogen and oxygen atoms in total. The van der Waals surface area contributed by atoms with Gasteiger partial charge in [-0.2, -0.15) is 0 Å². The number of methoxy groups -OCH3 is 1. The molecule has 0 aliphatic carbocycles. The van der Waals surface area contributed by atoms with Crippen molar-refractivity contribution in [1.82, 2.24) is 15.5 Å². The maximum Gasteiger partial charge on any atom is 0.225 e. The standard InChI is InChI=1S/C24H31N3O3/c1-17(28)26-14-19-5-4-6-20(13-19)22-15-27(2)16-23(22)24(29)25-12-11-18-7-9-21(30-3)10-8-18/h4-10,13,22-23H,11-12,14-16H2,1-3H3,(H,25,29)(H,26,28)/t22-,23+/m1/s1. The second kappa shape index (κ2) is 10.3. The number of likely N-dealkylation sites (tertiary alicyclic amines) is 1. The third-order valence-electron chi connectivity index (χ3n) is 5.63. The fourth-order valence-corrected chi connectivity index (χ4v) is 4.02. The minimum Gasteiger partial charge on any atom is -0.497 e. The van der Waals surface area contributed by atoms with Crippen LogP contribution in [0.3, 0.4) is 0 Å². The summed E-state index contributed by atoms with van der Waals surface area (Å²) >= 11 is 0. The van der Waals surface area contributed by atoms with E-state index in [0.29, 0.717) is 13.1 Å². The van der Waals surface area contributed by atoms with E-state index in [1.165, 1.54) is 12.5 Å². The van der Waals surface area contributed by atoms with Gasteiger partial charge < -0.3 is 20.3 Å². The summed E-state index contributed by atoms with van der Waals surface area (Å²) in [5, 5.41) is 5.96. The number of rotatable bonds is 8. The van der Waals surface area contributed by atoms with Gasteiger partial charge >= 0.3 is 0 Å². The van der Waals surface area contributed by atoms with E-state index in [9.17, 15) is 9.59 Å². The number of hydrogen-bond donors (Lipinski definition) is 2. The van der Waals surface area contributed by atoms with Crippen LogP contribution in [-0.4, -0.2) is 50.5 Å². The van der Waals surface area contributed by atoms with Crippen LogP contribution in [0.25, 0.3) is 0 Å². The predicted molar refractivity (Wildman–Crippen MR) is 117 cm³/mol. The SMILES string of the molecule is COc1ccc(CCNC(=O)[C@H]2CN(C)C[C@@H]2c2cccc(CNC(C)=O)c2)cc1. The summed E-state index contributed by atoms with van der Waals surface area (Å²) < 4.78 is 5.18. The van der Waals surface area contributed by atoms with Crippen LogP contribution in [0.1, 0.15) is 29.5 Å². The minimum atomic E-state index is -0.0816. The van der Waals surface area contributed by atoms with Crippen molar-refractivity contribution in [2.45, 2.75) is 25.8 Å². The molecule has 1 saturated heterocycles. The molecule has 0 spiro atoms. The molecular weight excluding hydrogens is 378 g/mol. The van der Waals surface area contributed by atoms with E-state index in [1.807, 2.05) is 36.4 Å². The molecule has 0 saturated carbocycles. The maximum absolute atomic E-state index is 13.0. The number of carbonyl (C=O) groups excluding carboxylic acids is 2. The van der Waals surface area contributed by atoms with E-state index in [1.54, 1.807) is 7.11 Å². The van der Waals surface area contributed by atoms with Gasteiger partial charge in [0.2, 0.25) is 11.8 Å². The Morgan fingerprint density at radius 3 is 2.53 bits per heavy atom. The highest BCUT2D eigenvalue weighted by molar-refractivity contribution is 5.80. The fraction of sp³-hybridized carbons (Fsp3) is 0.417. The summed E-state index contributed by atoms with van der Waals surface area (Å²) in [7, 11) is 3.71. The monoisotopic (exact) mass is 409 g/mol. The van der Waals surface area contributed by atoms with Crippen molar-refractivity contribution in [2.24, 2.45) is 5.92 Å². The third kappa shape index (κ3) is 5.83. The molecule has 0 radical (unpaired) electrons. The van der Waals surface area contributed by atoms with Gasteiger partial charge in [0.1, 0.15) is 5.75 Å². The van der Waals surface area contributed by atoms with Gasteiger partial charge in [0.05, 0.1) is 13.0 Å². The van der Waals surface area contributed by atoms with Crippen molar-refractivity contribution in [3.05, 3.63) is 65.2 Å². The van der Waals surface area contributed by atoms with Gasteiger partial charge in [-0.05, 0) is 42.3 Å². The average Bonchev–Trinajstić information content (AvgIpc) is 3.15. The van der Waals surface area contributed by atoms with Crippen LogP contribution in [0.2, 0.25) is 0 Å². The highest BCUT2D eigenvalue weighted by atomic mass is 16.5. The lowest BCUT2D eigenvalue weighted by Gasteiger charge is -2.19. The zero-order valence-corrected chi connectivity index (χ0v) is 18.0. The second-order valence-corrected chi connectivity index (χ2v) is 7.98. The highest BCUT2D eigenvalue weighted by Gasteiger charge is 2.36. The molecule has 0 aromatic heterocycles. The van der Waals surface area contributed by atoms with Gasteiger partial charge in [-0.3, -0.25) is 9.59 Å². The van der Waals surface area contributed by atoms with Crippen LogP contribution in [0.15, 0.2) is 48.5 Å². The van der Waals surface area contributed by atoms with Gasteiger partial charge in [0, 0.05) is 39.0 Å². The molecule has 0 bridgehead atoms. The third-order valence-corrected chi connectivity index (χ3v) is 5.63. The molecule has 0 unspecified atom stereocenters. The zero-order valence-electron chi connectivity index (χ0n) is 18.0. The Bertz CT molecular complexity index is 866. The molecule has 2 aromatic rings. The molecule has 2 aromatic carbocycles. The zero-order chi connectivity index (χ0) is 21.5. The van der Waals surface area contributed by atoms with Crippen molar-refractivity contribution in [2.75, 3.05) is 33.8 Å². The van der Waals surface area contributed by atoms with Gasteiger partial charge in [0.25, 0.3) is 0 Å². The minimum absolute atomic E-state index is 0.0462. The van der Waals surface area contributed by atoms with Gasteiger partial charge in [-0.25, -0.2) is 0 Å². The first-order valence-corrected chi connectivity index (χ1v) is 10.4. The molecule has 2 atom stereocenters. The molecule has 1 heterocycles. The summed E-state index contributed by atoms with van der Waals surface area (Å²) in [5.41, 5.74) is 3.37. The van der Waals surface area contributed by atoms with Crippen molar-refractivity contribution in [3.8, 4) is 5.75 Å². The number of likely N-dealkylation sites (N-methyl/N-ethyl adjacent to an activating group) is 1. The number of hydrogen-bond acceptors (Lipinski definition) is 4. The Kier molecular flexibility index (Phi) is 7.46. The normalized spacial score (nSPS) is 18.8. The predicted octanol–water partition coefficient (Wildman–Crippen LogP) is 2.34. The Morgan fingerprint density at radius 1 is 1.07 bits per heavy atom. The fourth-order valence-electron chi connectivity index (χ4n) is 4.02. The lowest BCUT2D eigenvalue weighted by molar-refractivity contribution is -0.125. The Hall–Kier alpha value is -2.86. The lowest BCUT2D eigenvalue weighted by Crippen LogP contribution is -2.35. The van der Waals surface area contributed by atoms with Gasteiger partial charge in [-0.1, -0.05) is 36.4 Å².